The highest BCUT2D eigenvalue weighted by molar-refractivity contribution is 6.13. The van der Waals surface area contributed by atoms with Crippen LogP contribution in [0.2, 0.25) is 0 Å². The molecule has 0 unspecified atom stereocenters. The lowest BCUT2D eigenvalue weighted by molar-refractivity contribution is 0.0976. The highest BCUT2D eigenvalue weighted by atomic mass is 16.1. The van der Waals surface area contributed by atoms with E-state index in [0.717, 1.165) is 73.4 Å². The topological polar surface area (TPSA) is 28.5 Å². The van der Waals surface area contributed by atoms with Crippen LogP contribution in [0.5, 0.6) is 0 Å². The zero-order valence-electron chi connectivity index (χ0n) is 22.4. The maximum Gasteiger partial charge on any atom is 0.165 e. The zero-order chi connectivity index (χ0) is 26.4. The lowest BCUT2D eigenvalue weighted by Crippen LogP contribution is -2.46. The number of rotatable bonds is 9. The molecule has 4 heteroatoms. The van der Waals surface area contributed by atoms with E-state index < -0.39 is 0 Å². The first-order valence-electron chi connectivity index (χ1n) is 14.0. The number of aromatic nitrogens is 1. The van der Waals surface area contributed by atoms with Crippen LogP contribution >= 0.6 is 0 Å². The molecule has 1 aliphatic rings. The first-order valence-corrected chi connectivity index (χ1v) is 14.0. The van der Waals surface area contributed by atoms with Crippen molar-refractivity contribution in [1.29, 1.82) is 0 Å². The molecule has 0 aliphatic carbocycles. The third kappa shape index (κ3) is 5.52. The number of Topliss-reactive ketones (excluding diaryl/α,β-unsaturated/α-hetero) is 1. The average molecular weight is 514 g/mol. The van der Waals surface area contributed by atoms with E-state index in [4.69, 9.17) is 0 Å². The molecule has 6 rings (SSSR count). The van der Waals surface area contributed by atoms with E-state index in [0.29, 0.717) is 6.42 Å². The second kappa shape index (κ2) is 11.7. The smallest absolute Gasteiger partial charge is 0.165 e. The third-order valence-corrected chi connectivity index (χ3v) is 7.85. The Labute approximate surface area is 231 Å². The molecule has 2 heterocycles. The molecule has 1 aromatic heterocycles. The fraction of sp³-hybridized carbons (Fsp3) is 0.229. The van der Waals surface area contributed by atoms with Gasteiger partial charge in [-0.3, -0.25) is 9.69 Å². The summed E-state index contributed by atoms with van der Waals surface area (Å²) in [6.45, 7) is 5.82. The number of anilines is 1. The number of carbonyl (C=O) groups excluding carboxylic acids is 1. The van der Waals surface area contributed by atoms with Gasteiger partial charge < -0.3 is 9.47 Å². The third-order valence-electron chi connectivity index (χ3n) is 7.85. The van der Waals surface area contributed by atoms with E-state index in [1.54, 1.807) is 0 Å². The van der Waals surface area contributed by atoms with Gasteiger partial charge in [0.25, 0.3) is 0 Å². The minimum absolute atomic E-state index is 0.236. The minimum Gasteiger partial charge on any atom is -0.369 e. The summed E-state index contributed by atoms with van der Waals surface area (Å²) in [5.41, 5.74) is 6.62. The molecule has 0 spiro atoms. The van der Waals surface area contributed by atoms with Crippen molar-refractivity contribution in [3.8, 4) is 11.3 Å². The lowest BCUT2D eigenvalue weighted by Gasteiger charge is -2.36. The van der Waals surface area contributed by atoms with Gasteiger partial charge in [0.2, 0.25) is 0 Å². The van der Waals surface area contributed by atoms with Crippen LogP contribution in [0.1, 0.15) is 28.8 Å². The molecule has 4 aromatic carbocycles. The first kappa shape index (κ1) is 25.1. The summed E-state index contributed by atoms with van der Waals surface area (Å²) in [6, 6.07) is 39.9. The van der Waals surface area contributed by atoms with Crippen molar-refractivity contribution >= 4 is 22.4 Å². The van der Waals surface area contributed by atoms with Gasteiger partial charge in [-0.25, -0.2) is 0 Å². The predicted molar refractivity (Wildman–Crippen MR) is 162 cm³/mol. The summed E-state index contributed by atoms with van der Waals surface area (Å²) in [6.07, 6.45) is 1.43. The molecule has 4 nitrogen and oxygen atoms in total. The van der Waals surface area contributed by atoms with E-state index in [2.05, 4.69) is 111 Å². The van der Waals surface area contributed by atoms with Crippen molar-refractivity contribution in [2.45, 2.75) is 19.4 Å². The summed E-state index contributed by atoms with van der Waals surface area (Å²) in [4.78, 5) is 18.9. The van der Waals surface area contributed by atoms with Crippen molar-refractivity contribution < 1.29 is 4.79 Å². The van der Waals surface area contributed by atoms with Crippen molar-refractivity contribution in [3.63, 3.8) is 0 Å². The van der Waals surface area contributed by atoms with Crippen LogP contribution in [0.25, 0.3) is 22.2 Å². The quantitative estimate of drug-likeness (QED) is 0.196. The van der Waals surface area contributed by atoms with Gasteiger partial charge in [-0.2, -0.15) is 0 Å². The Bertz CT molecular complexity index is 1520. The highest BCUT2D eigenvalue weighted by Gasteiger charge is 2.24. The van der Waals surface area contributed by atoms with Gasteiger partial charge in [0.1, 0.15) is 0 Å². The maximum atomic E-state index is 14.0. The Hall–Kier alpha value is -4.15. The number of piperazine rings is 1. The maximum absolute atomic E-state index is 14.0. The molecular weight excluding hydrogens is 478 g/mol. The molecule has 1 saturated heterocycles. The van der Waals surface area contributed by atoms with E-state index >= 15 is 0 Å². The van der Waals surface area contributed by atoms with Gasteiger partial charge in [0.05, 0.1) is 11.3 Å². The van der Waals surface area contributed by atoms with Crippen molar-refractivity contribution in [2.75, 3.05) is 37.6 Å². The summed E-state index contributed by atoms with van der Waals surface area (Å²) in [7, 11) is 0. The second-order valence-electron chi connectivity index (χ2n) is 10.4. The SMILES string of the molecule is O=C(CCCN1CCN(c2ccccc2)CC1)c1c(-c2ccccc2)n(Cc2ccccc2)c2ccccc12. The molecule has 0 radical (unpaired) electrons. The number of ketones is 1. The van der Waals surface area contributed by atoms with Crippen LogP contribution in [0.3, 0.4) is 0 Å². The van der Waals surface area contributed by atoms with Crippen molar-refractivity contribution in [3.05, 3.63) is 126 Å². The summed E-state index contributed by atoms with van der Waals surface area (Å²) in [5.74, 6) is 0.236. The molecule has 39 heavy (non-hydrogen) atoms. The molecule has 0 bridgehead atoms. The van der Waals surface area contributed by atoms with E-state index in [-0.39, 0.29) is 5.78 Å². The van der Waals surface area contributed by atoms with Crippen molar-refractivity contribution in [2.24, 2.45) is 0 Å². The molecule has 1 aliphatic heterocycles. The number of para-hydroxylation sites is 2. The Morgan fingerprint density at radius 1 is 0.667 bits per heavy atom. The number of hydrogen-bond donors (Lipinski definition) is 0. The molecule has 0 saturated carbocycles. The number of carbonyl (C=O) groups is 1. The molecule has 1 fully saturated rings. The number of benzene rings is 4. The van der Waals surface area contributed by atoms with Gasteiger partial charge in [-0.15, -0.1) is 0 Å². The predicted octanol–water partition coefficient (Wildman–Crippen LogP) is 7.14. The Morgan fingerprint density at radius 2 is 1.28 bits per heavy atom. The molecule has 0 N–H and O–H groups in total. The molecule has 5 aromatic rings. The van der Waals surface area contributed by atoms with Crippen LogP contribution in [0, 0.1) is 0 Å². The molecule has 196 valence electrons. The Kier molecular flexibility index (Phi) is 7.55. The summed E-state index contributed by atoms with van der Waals surface area (Å²) >= 11 is 0. The molecule has 0 amide bonds. The number of hydrogen-bond acceptors (Lipinski definition) is 3. The average Bonchev–Trinajstić information content (AvgIpc) is 3.33. The highest BCUT2D eigenvalue weighted by Crippen LogP contribution is 2.35. The lowest BCUT2D eigenvalue weighted by atomic mass is 9.99. The fourth-order valence-corrected chi connectivity index (χ4v) is 5.87. The van der Waals surface area contributed by atoms with Crippen LogP contribution < -0.4 is 4.90 Å². The van der Waals surface area contributed by atoms with Gasteiger partial charge in [0.15, 0.2) is 5.78 Å². The van der Waals surface area contributed by atoms with E-state index in [1.807, 2.05) is 18.2 Å². The number of fused-ring (bicyclic) bond motifs is 1. The summed E-state index contributed by atoms with van der Waals surface area (Å²) < 4.78 is 2.33. The minimum atomic E-state index is 0.236. The van der Waals surface area contributed by atoms with Gasteiger partial charge >= 0.3 is 0 Å². The van der Waals surface area contributed by atoms with Gasteiger partial charge in [-0.1, -0.05) is 97.1 Å². The molecular formula is C35H35N3O. The number of nitrogens with zero attached hydrogens (tertiary/aromatic N) is 3. The van der Waals surface area contributed by atoms with Gasteiger partial charge in [-0.05, 0) is 42.3 Å². The van der Waals surface area contributed by atoms with Crippen LogP contribution in [0.15, 0.2) is 115 Å². The van der Waals surface area contributed by atoms with Crippen LogP contribution in [0.4, 0.5) is 5.69 Å². The fourth-order valence-electron chi connectivity index (χ4n) is 5.87. The van der Waals surface area contributed by atoms with E-state index in [1.165, 1.54) is 11.3 Å². The van der Waals surface area contributed by atoms with E-state index in [9.17, 15) is 4.79 Å². The first-order chi connectivity index (χ1) is 19.3. The second-order valence-corrected chi connectivity index (χ2v) is 10.4. The van der Waals surface area contributed by atoms with Gasteiger partial charge in [0, 0.05) is 55.7 Å². The Morgan fingerprint density at radius 3 is 2.00 bits per heavy atom. The standard InChI is InChI=1S/C35H35N3O/c39-33(21-12-22-36-23-25-37(26-24-36)30-17-8-3-9-18-30)34-31-19-10-11-20-32(31)38(27-28-13-4-1-5-14-28)35(34)29-15-6-2-7-16-29/h1-11,13-20H,12,21-27H2. The van der Waals surface area contributed by atoms with Crippen molar-refractivity contribution in [1.82, 2.24) is 9.47 Å². The Balaban J connectivity index is 1.22. The van der Waals surface area contributed by atoms with Crippen LogP contribution in [-0.2, 0) is 6.54 Å². The molecule has 0 atom stereocenters. The monoisotopic (exact) mass is 513 g/mol. The normalized spacial score (nSPS) is 14.1. The zero-order valence-corrected chi connectivity index (χ0v) is 22.4. The largest absolute Gasteiger partial charge is 0.369 e. The summed E-state index contributed by atoms with van der Waals surface area (Å²) in [5, 5.41) is 1.05. The van der Waals surface area contributed by atoms with Crippen LogP contribution in [-0.4, -0.2) is 48.0 Å².